The van der Waals surface area contributed by atoms with Crippen molar-refractivity contribution in [3.8, 4) is 11.5 Å². The topological polar surface area (TPSA) is 111 Å². The smallest absolute Gasteiger partial charge is 0.311 e. The Hall–Kier alpha value is -4.11. The lowest BCUT2D eigenvalue weighted by atomic mass is 10.0. The Morgan fingerprint density at radius 3 is 2.41 bits per heavy atom. The van der Waals surface area contributed by atoms with Gasteiger partial charge in [-0.3, -0.25) is 19.7 Å². The fourth-order valence-electron chi connectivity index (χ4n) is 3.97. The number of nitro groups is 1. The number of unbranched alkanes of at least 4 members (excludes halogenated alkanes) is 1. The normalized spacial score (nSPS) is 11.4. The standard InChI is InChI=1S/C29H32ClN3O6/c1-3-4-16-31-29(35)26(17-21-8-6-5-7-9-21)32(19-22-10-12-23(30)13-11-22)28(34)20-39-24-14-15-25(33(36)37)27(18-24)38-2/h5-15,18,26H,3-4,16-17,19-20H2,1-2H3,(H,31,35)/t26-/m0/s1. The number of rotatable bonds is 14. The number of methoxy groups -OCH3 is 1. The average molecular weight is 554 g/mol. The minimum atomic E-state index is -0.803. The summed E-state index contributed by atoms with van der Waals surface area (Å²) in [5, 5.41) is 14.7. The molecule has 0 saturated carbocycles. The zero-order chi connectivity index (χ0) is 28.2. The van der Waals surface area contributed by atoms with Crippen LogP contribution in [-0.4, -0.2) is 47.9 Å². The molecule has 10 heteroatoms. The van der Waals surface area contributed by atoms with Crippen LogP contribution in [0.3, 0.4) is 0 Å². The summed E-state index contributed by atoms with van der Waals surface area (Å²) >= 11 is 6.06. The predicted octanol–water partition coefficient (Wildman–Crippen LogP) is 5.19. The highest BCUT2D eigenvalue weighted by atomic mass is 35.5. The second-order valence-electron chi connectivity index (χ2n) is 8.88. The first-order chi connectivity index (χ1) is 18.8. The van der Waals surface area contributed by atoms with Gasteiger partial charge in [-0.05, 0) is 35.7 Å². The summed E-state index contributed by atoms with van der Waals surface area (Å²) in [6, 6.07) is 19.8. The van der Waals surface area contributed by atoms with Gasteiger partial charge in [-0.25, -0.2) is 0 Å². The molecule has 0 bridgehead atoms. The molecule has 9 nitrogen and oxygen atoms in total. The Kier molecular flexibility index (Phi) is 11.1. The average Bonchev–Trinajstić information content (AvgIpc) is 2.94. The van der Waals surface area contributed by atoms with Crippen molar-refractivity contribution in [2.75, 3.05) is 20.3 Å². The van der Waals surface area contributed by atoms with Crippen LogP contribution in [0.1, 0.15) is 30.9 Å². The number of nitrogens with one attached hydrogen (secondary N) is 1. The van der Waals surface area contributed by atoms with E-state index in [-0.39, 0.29) is 36.2 Å². The molecule has 3 aromatic rings. The van der Waals surface area contributed by atoms with Gasteiger partial charge in [-0.1, -0.05) is 67.4 Å². The van der Waals surface area contributed by atoms with E-state index in [1.54, 1.807) is 24.3 Å². The van der Waals surface area contributed by atoms with Crippen molar-refractivity contribution in [2.24, 2.45) is 0 Å². The summed E-state index contributed by atoms with van der Waals surface area (Å²) in [7, 11) is 1.32. The van der Waals surface area contributed by atoms with Crippen molar-refractivity contribution in [2.45, 2.75) is 38.8 Å². The molecule has 0 aliphatic carbocycles. The Balaban J connectivity index is 1.89. The molecule has 0 aliphatic rings. The molecular formula is C29H32ClN3O6. The molecule has 0 spiro atoms. The van der Waals surface area contributed by atoms with Crippen molar-refractivity contribution >= 4 is 29.1 Å². The van der Waals surface area contributed by atoms with Crippen LogP contribution >= 0.6 is 11.6 Å². The van der Waals surface area contributed by atoms with E-state index in [2.05, 4.69) is 5.32 Å². The van der Waals surface area contributed by atoms with Crippen molar-refractivity contribution in [1.29, 1.82) is 0 Å². The second-order valence-corrected chi connectivity index (χ2v) is 9.31. The number of amides is 2. The van der Waals surface area contributed by atoms with Crippen LogP contribution in [0.5, 0.6) is 11.5 Å². The van der Waals surface area contributed by atoms with Crippen LogP contribution in [0.2, 0.25) is 5.02 Å². The lowest BCUT2D eigenvalue weighted by molar-refractivity contribution is -0.385. The minimum absolute atomic E-state index is 0.0141. The largest absolute Gasteiger partial charge is 0.490 e. The summed E-state index contributed by atoms with van der Waals surface area (Å²) in [6.45, 7) is 2.31. The third-order valence-electron chi connectivity index (χ3n) is 6.08. The van der Waals surface area contributed by atoms with Gasteiger partial charge in [-0.2, -0.15) is 0 Å². The van der Waals surface area contributed by atoms with Crippen LogP contribution < -0.4 is 14.8 Å². The zero-order valence-corrected chi connectivity index (χ0v) is 22.7. The second kappa shape index (κ2) is 14.7. The van der Waals surface area contributed by atoms with Gasteiger partial charge in [0.25, 0.3) is 5.91 Å². The highest BCUT2D eigenvalue weighted by Gasteiger charge is 2.30. The molecule has 1 N–H and O–H groups in total. The molecule has 0 unspecified atom stereocenters. The molecule has 3 rings (SSSR count). The number of carbonyl (C=O) groups is 2. The first kappa shape index (κ1) is 29.4. The number of carbonyl (C=O) groups excluding carboxylic acids is 2. The van der Waals surface area contributed by atoms with E-state index in [1.165, 1.54) is 30.2 Å². The van der Waals surface area contributed by atoms with Crippen LogP contribution in [0, 0.1) is 10.1 Å². The van der Waals surface area contributed by atoms with Gasteiger partial charge in [0.15, 0.2) is 6.61 Å². The number of ether oxygens (including phenoxy) is 2. The Bertz CT molecular complexity index is 1250. The summed E-state index contributed by atoms with van der Waals surface area (Å²) in [5.41, 5.74) is 1.49. The number of hydrogen-bond acceptors (Lipinski definition) is 6. The number of nitro benzene ring substituents is 1. The van der Waals surface area contributed by atoms with E-state index in [9.17, 15) is 19.7 Å². The van der Waals surface area contributed by atoms with Gasteiger partial charge in [0.2, 0.25) is 11.7 Å². The van der Waals surface area contributed by atoms with Crippen LogP contribution in [0.15, 0.2) is 72.8 Å². The maximum Gasteiger partial charge on any atom is 0.311 e. The highest BCUT2D eigenvalue weighted by Crippen LogP contribution is 2.31. The number of halogens is 1. The van der Waals surface area contributed by atoms with Gasteiger partial charge < -0.3 is 19.7 Å². The van der Waals surface area contributed by atoms with E-state index in [1.807, 2.05) is 37.3 Å². The van der Waals surface area contributed by atoms with Crippen LogP contribution in [0.25, 0.3) is 0 Å². The van der Waals surface area contributed by atoms with E-state index in [0.717, 1.165) is 24.0 Å². The molecule has 0 heterocycles. The molecule has 3 aromatic carbocycles. The van der Waals surface area contributed by atoms with E-state index < -0.39 is 16.9 Å². The molecule has 0 radical (unpaired) electrons. The Labute approximate surface area is 232 Å². The molecule has 39 heavy (non-hydrogen) atoms. The maximum absolute atomic E-state index is 13.6. The first-order valence-corrected chi connectivity index (χ1v) is 13.0. The van der Waals surface area contributed by atoms with Crippen molar-refractivity contribution in [1.82, 2.24) is 10.2 Å². The quantitative estimate of drug-likeness (QED) is 0.167. The van der Waals surface area contributed by atoms with E-state index in [0.29, 0.717) is 18.0 Å². The summed E-state index contributed by atoms with van der Waals surface area (Å²) in [4.78, 5) is 39.2. The van der Waals surface area contributed by atoms with Gasteiger partial charge in [0, 0.05) is 36.7 Å². The molecule has 0 fully saturated rings. The Morgan fingerprint density at radius 1 is 1.05 bits per heavy atom. The zero-order valence-electron chi connectivity index (χ0n) is 22.0. The number of nitrogens with zero attached hydrogens (tertiary/aromatic N) is 2. The third-order valence-corrected chi connectivity index (χ3v) is 6.33. The van der Waals surface area contributed by atoms with Crippen molar-refractivity contribution in [3.05, 3.63) is 99.1 Å². The molecule has 0 aromatic heterocycles. The monoisotopic (exact) mass is 553 g/mol. The highest BCUT2D eigenvalue weighted by molar-refractivity contribution is 6.30. The first-order valence-electron chi connectivity index (χ1n) is 12.6. The summed E-state index contributed by atoms with van der Waals surface area (Å²) in [6.07, 6.45) is 2.05. The summed E-state index contributed by atoms with van der Waals surface area (Å²) in [5.74, 6) is -0.440. The Morgan fingerprint density at radius 2 is 1.77 bits per heavy atom. The predicted molar refractivity (Wildman–Crippen MR) is 149 cm³/mol. The molecule has 0 aliphatic heterocycles. The lowest BCUT2D eigenvalue weighted by Gasteiger charge is -2.31. The number of hydrogen-bond donors (Lipinski definition) is 1. The SMILES string of the molecule is CCCCNC(=O)[C@H](Cc1ccccc1)N(Cc1ccc(Cl)cc1)C(=O)COc1ccc([N+](=O)[O-])c(OC)c1. The third kappa shape index (κ3) is 8.71. The molecule has 206 valence electrons. The summed E-state index contributed by atoms with van der Waals surface area (Å²) < 4.78 is 10.8. The maximum atomic E-state index is 13.6. The van der Waals surface area contributed by atoms with Gasteiger partial charge in [0.05, 0.1) is 12.0 Å². The van der Waals surface area contributed by atoms with Gasteiger partial charge in [-0.15, -0.1) is 0 Å². The molecular weight excluding hydrogens is 522 g/mol. The van der Waals surface area contributed by atoms with Crippen LogP contribution in [0.4, 0.5) is 5.69 Å². The molecule has 0 saturated heterocycles. The fourth-order valence-corrected chi connectivity index (χ4v) is 4.10. The van der Waals surface area contributed by atoms with Crippen molar-refractivity contribution in [3.63, 3.8) is 0 Å². The van der Waals surface area contributed by atoms with E-state index in [4.69, 9.17) is 21.1 Å². The number of benzene rings is 3. The molecule has 1 atom stereocenters. The molecule has 2 amide bonds. The van der Waals surface area contributed by atoms with Crippen molar-refractivity contribution < 1.29 is 24.0 Å². The van der Waals surface area contributed by atoms with Crippen LogP contribution in [-0.2, 0) is 22.6 Å². The fraction of sp³-hybridized carbons (Fsp3) is 0.310. The van der Waals surface area contributed by atoms with Gasteiger partial charge >= 0.3 is 5.69 Å². The van der Waals surface area contributed by atoms with E-state index >= 15 is 0 Å². The minimum Gasteiger partial charge on any atom is -0.490 e. The lowest BCUT2D eigenvalue weighted by Crippen LogP contribution is -2.51. The van der Waals surface area contributed by atoms with Gasteiger partial charge in [0.1, 0.15) is 11.8 Å².